The quantitative estimate of drug-likeness (QED) is 0.932. The second-order valence-corrected chi connectivity index (χ2v) is 5.75. The number of aryl methyl sites for hydroxylation is 2. The van der Waals surface area contributed by atoms with Crippen molar-refractivity contribution in [1.29, 1.82) is 0 Å². The summed E-state index contributed by atoms with van der Waals surface area (Å²) in [5.41, 5.74) is 3.43. The Kier molecular flexibility index (Phi) is 3.83. The molecule has 2 aromatic rings. The molecule has 4 heteroatoms. The van der Waals surface area contributed by atoms with Crippen molar-refractivity contribution in [2.45, 2.75) is 33.1 Å². The molecule has 1 aromatic heterocycles. The molecule has 1 fully saturated rings. The molecule has 2 heterocycles. The summed E-state index contributed by atoms with van der Waals surface area (Å²) in [4.78, 5) is 4.57. The van der Waals surface area contributed by atoms with Crippen molar-refractivity contribution in [2.24, 2.45) is 5.92 Å². The van der Waals surface area contributed by atoms with Crippen molar-refractivity contribution in [3.63, 3.8) is 0 Å². The van der Waals surface area contributed by atoms with Crippen LogP contribution in [-0.2, 0) is 6.42 Å². The van der Waals surface area contributed by atoms with Crippen LogP contribution in [0.3, 0.4) is 0 Å². The summed E-state index contributed by atoms with van der Waals surface area (Å²) in [6, 6.07) is 6.30. The molecule has 0 spiro atoms. The van der Waals surface area contributed by atoms with Gasteiger partial charge in [0, 0.05) is 12.0 Å². The summed E-state index contributed by atoms with van der Waals surface area (Å²) in [5.74, 6) is 2.10. The lowest BCUT2D eigenvalue weighted by molar-refractivity contribution is 0.360. The van der Waals surface area contributed by atoms with E-state index in [1.165, 1.54) is 24.0 Å². The first kappa shape index (κ1) is 13.3. The van der Waals surface area contributed by atoms with E-state index in [-0.39, 0.29) is 0 Å². The second-order valence-electron chi connectivity index (χ2n) is 5.75. The Hall–Kier alpha value is -1.68. The molecule has 0 saturated carbocycles. The first-order valence-corrected chi connectivity index (χ1v) is 7.33. The van der Waals surface area contributed by atoms with Crippen molar-refractivity contribution in [3.05, 3.63) is 35.2 Å². The predicted molar refractivity (Wildman–Crippen MR) is 78.5 cm³/mol. The third-order valence-corrected chi connectivity index (χ3v) is 3.96. The fraction of sp³-hybridized carbons (Fsp3) is 0.500. The Morgan fingerprint density at radius 3 is 3.05 bits per heavy atom. The first-order valence-electron chi connectivity index (χ1n) is 7.33. The zero-order valence-electron chi connectivity index (χ0n) is 12.1. The van der Waals surface area contributed by atoms with Gasteiger partial charge in [-0.3, -0.25) is 0 Å². The molecule has 0 bridgehead atoms. The maximum Gasteiger partial charge on any atom is 0.258 e. The van der Waals surface area contributed by atoms with Crippen LogP contribution in [0.4, 0.5) is 0 Å². The molecular formula is C16H21N3O. The summed E-state index contributed by atoms with van der Waals surface area (Å²) in [6.45, 7) is 6.35. The van der Waals surface area contributed by atoms with Gasteiger partial charge in [-0.05, 0) is 57.3 Å². The highest BCUT2D eigenvalue weighted by Crippen LogP contribution is 2.24. The van der Waals surface area contributed by atoms with Crippen LogP contribution in [0.5, 0.6) is 0 Å². The molecular weight excluding hydrogens is 250 g/mol. The minimum Gasteiger partial charge on any atom is -0.334 e. The van der Waals surface area contributed by atoms with E-state index in [1.807, 2.05) is 0 Å². The molecule has 106 valence electrons. The Morgan fingerprint density at radius 2 is 2.25 bits per heavy atom. The van der Waals surface area contributed by atoms with Crippen LogP contribution in [0.25, 0.3) is 11.5 Å². The normalized spacial score (nSPS) is 19.2. The van der Waals surface area contributed by atoms with E-state index in [4.69, 9.17) is 4.52 Å². The van der Waals surface area contributed by atoms with E-state index in [9.17, 15) is 0 Å². The van der Waals surface area contributed by atoms with Crippen molar-refractivity contribution in [1.82, 2.24) is 15.5 Å². The molecule has 0 radical (unpaired) electrons. The molecule has 1 aliphatic rings. The minimum atomic E-state index is 0.632. The van der Waals surface area contributed by atoms with Crippen LogP contribution >= 0.6 is 0 Å². The number of rotatable bonds is 3. The predicted octanol–water partition coefficient (Wildman–Crippen LogP) is 2.90. The van der Waals surface area contributed by atoms with E-state index >= 15 is 0 Å². The van der Waals surface area contributed by atoms with Crippen LogP contribution in [0.15, 0.2) is 22.7 Å². The van der Waals surface area contributed by atoms with E-state index in [0.717, 1.165) is 30.9 Å². The number of hydrogen-bond acceptors (Lipinski definition) is 4. The monoisotopic (exact) mass is 271 g/mol. The molecule has 1 atom stereocenters. The number of nitrogens with zero attached hydrogens (tertiary/aromatic N) is 2. The lowest BCUT2D eigenvalue weighted by Crippen LogP contribution is -2.31. The number of nitrogens with one attached hydrogen (secondary N) is 1. The lowest BCUT2D eigenvalue weighted by Gasteiger charge is -2.20. The number of hydrogen-bond donors (Lipinski definition) is 1. The average molecular weight is 271 g/mol. The Balaban J connectivity index is 1.77. The van der Waals surface area contributed by atoms with Crippen LogP contribution < -0.4 is 5.32 Å². The third-order valence-electron chi connectivity index (χ3n) is 3.96. The van der Waals surface area contributed by atoms with E-state index < -0.39 is 0 Å². The van der Waals surface area contributed by atoms with Gasteiger partial charge in [0.2, 0.25) is 0 Å². The summed E-state index contributed by atoms with van der Waals surface area (Å²) < 4.78 is 5.45. The molecule has 0 aliphatic carbocycles. The standard InChI is InChI=1S/C16H21N3O/c1-11-5-6-12(2)14(8-11)16-18-15(19-20-16)9-13-4-3-7-17-10-13/h5-6,8,13,17H,3-4,7,9-10H2,1-2H3. The van der Waals surface area contributed by atoms with Gasteiger partial charge in [-0.25, -0.2) is 0 Å². The summed E-state index contributed by atoms with van der Waals surface area (Å²) in [5, 5.41) is 7.57. The van der Waals surface area contributed by atoms with E-state index in [0.29, 0.717) is 11.8 Å². The van der Waals surface area contributed by atoms with E-state index in [2.05, 4.69) is 47.5 Å². The van der Waals surface area contributed by atoms with Gasteiger partial charge in [-0.15, -0.1) is 0 Å². The van der Waals surface area contributed by atoms with Crippen molar-refractivity contribution in [3.8, 4) is 11.5 Å². The zero-order valence-corrected chi connectivity index (χ0v) is 12.1. The maximum atomic E-state index is 5.45. The number of benzene rings is 1. The summed E-state index contributed by atoms with van der Waals surface area (Å²) in [6.07, 6.45) is 3.40. The fourth-order valence-corrected chi connectivity index (χ4v) is 2.77. The van der Waals surface area contributed by atoms with Gasteiger partial charge in [0.15, 0.2) is 5.82 Å². The van der Waals surface area contributed by atoms with Crippen molar-refractivity contribution >= 4 is 0 Å². The van der Waals surface area contributed by atoms with Crippen LogP contribution in [-0.4, -0.2) is 23.2 Å². The lowest BCUT2D eigenvalue weighted by atomic mass is 9.96. The Labute approximate surface area is 119 Å². The smallest absolute Gasteiger partial charge is 0.258 e. The van der Waals surface area contributed by atoms with E-state index in [1.54, 1.807) is 0 Å². The Bertz CT molecular complexity index is 585. The third kappa shape index (κ3) is 2.90. The minimum absolute atomic E-state index is 0.632. The van der Waals surface area contributed by atoms with Gasteiger partial charge >= 0.3 is 0 Å². The highest BCUT2D eigenvalue weighted by molar-refractivity contribution is 5.59. The first-order chi connectivity index (χ1) is 9.72. The number of piperidine rings is 1. The molecule has 4 nitrogen and oxygen atoms in total. The molecule has 1 N–H and O–H groups in total. The summed E-state index contributed by atoms with van der Waals surface area (Å²) >= 11 is 0. The molecule has 3 rings (SSSR count). The molecule has 0 amide bonds. The maximum absolute atomic E-state index is 5.45. The van der Waals surface area contributed by atoms with Gasteiger partial charge < -0.3 is 9.84 Å². The summed E-state index contributed by atoms with van der Waals surface area (Å²) in [7, 11) is 0. The molecule has 1 aliphatic heterocycles. The van der Waals surface area contributed by atoms with Crippen LogP contribution in [0, 0.1) is 19.8 Å². The van der Waals surface area contributed by atoms with Crippen LogP contribution in [0.1, 0.15) is 29.8 Å². The second kappa shape index (κ2) is 5.75. The molecule has 1 saturated heterocycles. The van der Waals surface area contributed by atoms with Crippen molar-refractivity contribution in [2.75, 3.05) is 13.1 Å². The highest BCUT2D eigenvalue weighted by atomic mass is 16.5. The van der Waals surface area contributed by atoms with Gasteiger partial charge in [0.25, 0.3) is 5.89 Å². The largest absolute Gasteiger partial charge is 0.334 e. The Morgan fingerprint density at radius 1 is 1.35 bits per heavy atom. The van der Waals surface area contributed by atoms with Gasteiger partial charge in [-0.2, -0.15) is 4.98 Å². The van der Waals surface area contributed by atoms with Gasteiger partial charge in [0.05, 0.1) is 0 Å². The molecule has 20 heavy (non-hydrogen) atoms. The molecule has 1 unspecified atom stereocenters. The van der Waals surface area contributed by atoms with Crippen LogP contribution in [0.2, 0.25) is 0 Å². The zero-order chi connectivity index (χ0) is 13.9. The van der Waals surface area contributed by atoms with Gasteiger partial charge in [-0.1, -0.05) is 22.9 Å². The van der Waals surface area contributed by atoms with Gasteiger partial charge in [0.1, 0.15) is 0 Å². The highest BCUT2D eigenvalue weighted by Gasteiger charge is 2.18. The topological polar surface area (TPSA) is 51.0 Å². The number of aromatic nitrogens is 2. The molecule has 1 aromatic carbocycles. The van der Waals surface area contributed by atoms with Crippen molar-refractivity contribution < 1.29 is 4.52 Å². The fourth-order valence-electron chi connectivity index (χ4n) is 2.77. The SMILES string of the molecule is Cc1ccc(C)c(-c2nc(CC3CCCNC3)no2)c1. The average Bonchev–Trinajstić information content (AvgIpc) is 2.91.